The molecule has 1 saturated carbocycles. The SMILES string of the molecule is Cc1cc(C#Cc2cc(F)c(C#CC3CCC(C)CC3)c(F)c2)cc(C)c1C. The first-order chi connectivity index (χ1) is 13.3. The highest BCUT2D eigenvalue weighted by Crippen LogP contribution is 2.28. The van der Waals surface area contributed by atoms with Crippen molar-refractivity contribution in [1.82, 2.24) is 0 Å². The van der Waals surface area contributed by atoms with E-state index in [9.17, 15) is 8.78 Å². The summed E-state index contributed by atoms with van der Waals surface area (Å²) in [6.07, 6.45) is 4.29. The molecular weight excluding hydrogens is 350 g/mol. The predicted molar refractivity (Wildman–Crippen MR) is 111 cm³/mol. The lowest BCUT2D eigenvalue weighted by atomic mass is 9.83. The van der Waals surface area contributed by atoms with Gasteiger partial charge in [0.15, 0.2) is 0 Å². The van der Waals surface area contributed by atoms with E-state index in [0.29, 0.717) is 5.56 Å². The first-order valence-corrected chi connectivity index (χ1v) is 9.94. The van der Waals surface area contributed by atoms with Crippen LogP contribution < -0.4 is 0 Å². The maximum absolute atomic E-state index is 14.4. The van der Waals surface area contributed by atoms with Crippen LogP contribution in [0, 0.1) is 67.9 Å². The molecule has 2 aromatic carbocycles. The van der Waals surface area contributed by atoms with Gasteiger partial charge in [-0.05, 0) is 93.3 Å². The van der Waals surface area contributed by atoms with Gasteiger partial charge in [-0.25, -0.2) is 8.78 Å². The molecule has 144 valence electrons. The van der Waals surface area contributed by atoms with Gasteiger partial charge in [0.1, 0.15) is 11.6 Å². The summed E-state index contributed by atoms with van der Waals surface area (Å²) in [4.78, 5) is 0. The van der Waals surface area contributed by atoms with Gasteiger partial charge in [-0.1, -0.05) is 30.6 Å². The third kappa shape index (κ3) is 4.82. The molecule has 28 heavy (non-hydrogen) atoms. The molecule has 1 aliphatic rings. The van der Waals surface area contributed by atoms with Crippen LogP contribution in [0.2, 0.25) is 0 Å². The van der Waals surface area contributed by atoms with Crippen molar-refractivity contribution >= 4 is 0 Å². The minimum Gasteiger partial charge on any atom is -0.205 e. The smallest absolute Gasteiger partial charge is 0.143 e. The van der Waals surface area contributed by atoms with Crippen LogP contribution in [-0.2, 0) is 0 Å². The highest BCUT2D eigenvalue weighted by atomic mass is 19.1. The summed E-state index contributed by atoms with van der Waals surface area (Å²) >= 11 is 0. The summed E-state index contributed by atoms with van der Waals surface area (Å²) in [5, 5.41) is 0. The monoisotopic (exact) mass is 376 g/mol. The van der Waals surface area contributed by atoms with Gasteiger partial charge >= 0.3 is 0 Å². The van der Waals surface area contributed by atoms with Crippen molar-refractivity contribution in [2.24, 2.45) is 11.8 Å². The summed E-state index contributed by atoms with van der Waals surface area (Å²) in [5.74, 6) is 11.4. The molecule has 2 aromatic rings. The molecule has 0 bridgehead atoms. The molecule has 3 rings (SSSR count). The van der Waals surface area contributed by atoms with Gasteiger partial charge in [-0.15, -0.1) is 0 Å². The highest BCUT2D eigenvalue weighted by Gasteiger charge is 2.16. The molecule has 0 radical (unpaired) electrons. The van der Waals surface area contributed by atoms with E-state index in [1.165, 1.54) is 17.7 Å². The van der Waals surface area contributed by atoms with Crippen molar-refractivity contribution in [1.29, 1.82) is 0 Å². The number of benzene rings is 2. The summed E-state index contributed by atoms with van der Waals surface area (Å²) < 4.78 is 28.8. The predicted octanol–water partition coefficient (Wildman–Crippen LogP) is 6.47. The molecule has 0 aromatic heterocycles. The minimum atomic E-state index is -0.641. The Balaban J connectivity index is 1.82. The van der Waals surface area contributed by atoms with Crippen molar-refractivity contribution in [3.8, 4) is 23.7 Å². The van der Waals surface area contributed by atoms with Crippen molar-refractivity contribution in [2.75, 3.05) is 0 Å². The van der Waals surface area contributed by atoms with E-state index >= 15 is 0 Å². The van der Waals surface area contributed by atoms with Crippen LogP contribution >= 0.6 is 0 Å². The molecule has 0 aliphatic heterocycles. The fourth-order valence-electron chi connectivity index (χ4n) is 3.60. The number of hydrogen-bond donors (Lipinski definition) is 0. The molecule has 0 atom stereocenters. The van der Waals surface area contributed by atoms with Crippen LogP contribution in [0.15, 0.2) is 24.3 Å². The first kappa shape index (κ1) is 20.2. The summed E-state index contributed by atoms with van der Waals surface area (Å²) in [5.41, 5.74) is 4.57. The largest absolute Gasteiger partial charge is 0.205 e. The summed E-state index contributed by atoms with van der Waals surface area (Å²) in [7, 11) is 0. The quantitative estimate of drug-likeness (QED) is 0.462. The molecule has 0 unspecified atom stereocenters. The van der Waals surface area contributed by atoms with Gasteiger partial charge in [0.05, 0.1) is 5.56 Å². The van der Waals surface area contributed by atoms with Crippen LogP contribution in [0.25, 0.3) is 0 Å². The van der Waals surface area contributed by atoms with Gasteiger partial charge in [-0.2, -0.15) is 0 Å². The Hall–Kier alpha value is -2.58. The average molecular weight is 376 g/mol. The molecule has 0 saturated heterocycles. The Morgan fingerprint density at radius 1 is 0.750 bits per heavy atom. The van der Waals surface area contributed by atoms with Gasteiger partial charge in [0, 0.05) is 17.0 Å². The van der Waals surface area contributed by atoms with Crippen LogP contribution in [0.5, 0.6) is 0 Å². The van der Waals surface area contributed by atoms with Gasteiger partial charge in [0.2, 0.25) is 0 Å². The zero-order chi connectivity index (χ0) is 20.3. The fraction of sp³-hybridized carbons (Fsp3) is 0.385. The molecule has 0 spiro atoms. The third-order valence-corrected chi connectivity index (χ3v) is 5.74. The molecule has 0 nitrogen and oxygen atoms in total. The second-order valence-corrected chi connectivity index (χ2v) is 8.03. The van der Waals surface area contributed by atoms with Gasteiger partial charge in [0.25, 0.3) is 0 Å². The van der Waals surface area contributed by atoms with Gasteiger partial charge < -0.3 is 0 Å². The van der Waals surface area contributed by atoms with E-state index < -0.39 is 11.6 Å². The average Bonchev–Trinajstić information content (AvgIpc) is 2.65. The van der Waals surface area contributed by atoms with Gasteiger partial charge in [-0.3, -0.25) is 0 Å². The number of halogens is 2. The Labute approximate surface area is 167 Å². The Bertz CT molecular complexity index is 954. The highest BCUT2D eigenvalue weighted by molar-refractivity contribution is 5.50. The van der Waals surface area contributed by atoms with Crippen molar-refractivity contribution in [3.05, 3.63) is 69.3 Å². The van der Waals surface area contributed by atoms with Crippen LogP contribution in [0.1, 0.15) is 66.0 Å². The van der Waals surface area contributed by atoms with Crippen LogP contribution in [-0.4, -0.2) is 0 Å². The molecule has 0 N–H and O–H groups in total. The molecule has 2 heteroatoms. The standard InChI is InChI=1S/C26H26F2/c1-17-5-7-21(8-6-17)11-12-24-25(27)15-23(16-26(24)28)10-9-22-13-18(2)20(4)19(3)14-22/h13-17,21H,5-8H2,1-4H3. The normalized spacial score (nSPS) is 18.6. The van der Waals surface area contributed by atoms with E-state index in [0.717, 1.165) is 48.3 Å². The maximum atomic E-state index is 14.4. The zero-order valence-corrected chi connectivity index (χ0v) is 17.0. The van der Waals surface area contributed by atoms with E-state index in [1.54, 1.807) is 0 Å². The van der Waals surface area contributed by atoms with E-state index in [4.69, 9.17) is 0 Å². The Morgan fingerprint density at radius 3 is 1.79 bits per heavy atom. The first-order valence-electron chi connectivity index (χ1n) is 9.94. The molecule has 0 amide bonds. The maximum Gasteiger partial charge on any atom is 0.143 e. The number of hydrogen-bond acceptors (Lipinski definition) is 0. The van der Waals surface area contributed by atoms with E-state index in [-0.39, 0.29) is 11.5 Å². The lowest BCUT2D eigenvalue weighted by Gasteiger charge is -2.21. The van der Waals surface area contributed by atoms with E-state index in [1.807, 2.05) is 26.0 Å². The zero-order valence-electron chi connectivity index (χ0n) is 17.0. The summed E-state index contributed by atoms with van der Waals surface area (Å²) in [6, 6.07) is 6.54. The van der Waals surface area contributed by atoms with Crippen molar-refractivity contribution in [2.45, 2.75) is 53.4 Å². The Kier molecular flexibility index (Phi) is 6.21. The van der Waals surface area contributed by atoms with Crippen molar-refractivity contribution in [3.63, 3.8) is 0 Å². The fourth-order valence-corrected chi connectivity index (χ4v) is 3.60. The van der Waals surface area contributed by atoms with Crippen molar-refractivity contribution < 1.29 is 8.78 Å². The topological polar surface area (TPSA) is 0 Å². The number of rotatable bonds is 0. The lowest BCUT2D eigenvalue weighted by molar-refractivity contribution is 0.337. The third-order valence-electron chi connectivity index (χ3n) is 5.74. The van der Waals surface area contributed by atoms with Crippen LogP contribution in [0.4, 0.5) is 8.78 Å². The molecule has 1 fully saturated rings. The second-order valence-electron chi connectivity index (χ2n) is 8.03. The van der Waals surface area contributed by atoms with E-state index in [2.05, 4.69) is 37.5 Å². The minimum absolute atomic E-state index is 0.147. The lowest BCUT2D eigenvalue weighted by Crippen LogP contribution is -2.10. The second kappa shape index (κ2) is 8.62. The molecular formula is C26H26F2. The van der Waals surface area contributed by atoms with Crippen LogP contribution in [0.3, 0.4) is 0 Å². The molecule has 0 heterocycles. The Morgan fingerprint density at radius 2 is 1.25 bits per heavy atom. The molecule has 1 aliphatic carbocycles. The summed E-state index contributed by atoms with van der Waals surface area (Å²) in [6.45, 7) is 8.38. The number of aryl methyl sites for hydroxylation is 2.